The van der Waals surface area contributed by atoms with Crippen molar-refractivity contribution in [1.29, 1.82) is 0 Å². The van der Waals surface area contributed by atoms with Gasteiger partial charge in [0, 0.05) is 21.8 Å². The lowest BCUT2D eigenvalue weighted by Gasteiger charge is -2.13. The summed E-state index contributed by atoms with van der Waals surface area (Å²) in [4.78, 5) is 11.8. The van der Waals surface area contributed by atoms with Crippen LogP contribution in [0.2, 0.25) is 0 Å². The lowest BCUT2D eigenvalue weighted by atomic mass is 10.1. The molecule has 16 heavy (non-hydrogen) atoms. The van der Waals surface area contributed by atoms with E-state index in [1.807, 2.05) is 6.92 Å². The normalized spacial score (nSPS) is 12.2. The van der Waals surface area contributed by atoms with Gasteiger partial charge in [0.1, 0.15) is 0 Å². The highest BCUT2D eigenvalue weighted by molar-refractivity contribution is 9.10. The molecule has 1 amide bonds. The molecule has 0 radical (unpaired) electrons. The van der Waals surface area contributed by atoms with E-state index in [9.17, 15) is 4.79 Å². The predicted octanol–water partition coefficient (Wildman–Crippen LogP) is 2.95. The van der Waals surface area contributed by atoms with E-state index in [4.69, 9.17) is 5.73 Å². The van der Waals surface area contributed by atoms with Crippen molar-refractivity contribution in [3.05, 3.63) is 28.2 Å². The number of nitrogens with two attached hydrogens (primary N) is 1. The summed E-state index contributed by atoms with van der Waals surface area (Å²) >= 11 is 3.31. The number of carbonyl (C=O) groups is 1. The van der Waals surface area contributed by atoms with Crippen molar-refractivity contribution in [2.75, 3.05) is 5.73 Å². The molecule has 0 aromatic heterocycles. The standard InChI is InChI=1S/C12H17BrN2O/c1-3-4-8(2)15-12(16)9-5-6-11(14)10(13)7-9/h5-8H,3-4,14H2,1-2H3,(H,15,16). The highest BCUT2D eigenvalue weighted by Crippen LogP contribution is 2.20. The van der Waals surface area contributed by atoms with E-state index in [-0.39, 0.29) is 11.9 Å². The molecule has 0 aliphatic heterocycles. The van der Waals surface area contributed by atoms with E-state index >= 15 is 0 Å². The molecule has 0 bridgehead atoms. The Morgan fingerprint density at radius 2 is 2.25 bits per heavy atom. The number of halogens is 1. The van der Waals surface area contributed by atoms with E-state index in [2.05, 4.69) is 28.2 Å². The van der Waals surface area contributed by atoms with Gasteiger partial charge in [-0.2, -0.15) is 0 Å². The van der Waals surface area contributed by atoms with Gasteiger partial charge in [-0.1, -0.05) is 13.3 Å². The molecule has 0 fully saturated rings. The van der Waals surface area contributed by atoms with Gasteiger partial charge >= 0.3 is 0 Å². The Hall–Kier alpha value is -1.03. The molecule has 0 heterocycles. The summed E-state index contributed by atoms with van der Waals surface area (Å²) in [5.41, 5.74) is 6.93. The first-order chi connectivity index (χ1) is 7.54. The number of carbonyl (C=O) groups excluding carboxylic acids is 1. The van der Waals surface area contributed by atoms with E-state index in [0.29, 0.717) is 11.3 Å². The monoisotopic (exact) mass is 284 g/mol. The van der Waals surface area contributed by atoms with Crippen LogP contribution in [0.25, 0.3) is 0 Å². The van der Waals surface area contributed by atoms with Crippen LogP contribution in [0.3, 0.4) is 0 Å². The smallest absolute Gasteiger partial charge is 0.251 e. The number of benzene rings is 1. The number of hydrogen-bond donors (Lipinski definition) is 2. The van der Waals surface area contributed by atoms with Crippen molar-refractivity contribution in [1.82, 2.24) is 5.32 Å². The second kappa shape index (κ2) is 5.89. The number of nitrogens with one attached hydrogen (secondary N) is 1. The molecule has 0 spiro atoms. The van der Waals surface area contributed by atoms with Gasteiger partial charge in [0.15, 0.2) is 0 Å². The van der Waals surface area contributed by atoms with Crippen molar-refractivity contribution in [3.8, 4) is 0 Å². The second-order valence-corrected chi connectivity index (χ2v) is 4.75. The van der Waals surface area contributed by atoms with Gasteiger partial charge in [0.05, 0.1) is 0 Å². The molecule has 0 saturated carbocycles. The molecule has 3 nitrogen and oxygen atoms in total. The quantitative estimate of drug-likeness (QED) is 0.836. The maximum absolute atomic E-state index is 11.8. The Bertz CT molecular complexity index is 379. The molecule has 1 aromatic rings. The summed E-state index contributed by atoms with van der Waals surface area (Å²) in [6.07, 6.45) is 2.05. The van der Waals surface area contributed by atoms with Crippen molar-refractivity contribution in [3.63, 3.8) is 0 Å². The number of rotatable bonds is 4. The van der Waals surface area contributed by atoms with Crippen molar-refractivity contribution >= 4 is 27.5 Å². The molecule has 1 aromatic carbocycles. The summed E-state index contributed by atoms with van der Waals surface area (Å²) in [7, 11) is 0. The van der Waals surface area contributed by atoms with Crippen molar-refractivity contribution < 1.29 is 4.79 Å². The molecule has 1 atom stereocenters. The fourth-order valence-corrected chi connectivity index (χ4v) is 1.86. The lowest BCUT2D eigenvalue weighted by Crippen LogP contribution is -2.32. The first-order valence-corrected chi connectivity index (χ1v) is 6.19. The minimum atomic E-state index is -0.0540. The number of anilines is 1. The maximum Gasteiger partial charge on any atom is 0.251 e. The van der Waals surface area contributed by atoms with Crippen LogP contribution in [0, 0.1) is 0 Å². The molecular weight excluding hydrogens is 268 g/mol. The summed E-state index contributed by atoms with van der Waals surface area (Å²) in [5, 5.41) is 2.94. The molecule has 0 aliphatic carbocycles. The largest absolute Gasteiger partial charge is 0.398 e. The SMILES string of the molecule is CCCC(C)NC(=O)c1ccc(N)c(Br)c1. The topological polar surface area (TPSA) is 55.1 Å². The summed E-state index contributed by atoms with van der Waals surface area (Å²) < 4.78 is 0.753. The molecular formula is C12H17BrN2O. The fourth-order valence-electron chi connectivity index (χ4n) is 1.48. The Kier molecular flexibility index (Phi) is 4.80. The lowest BCUT2D eigenvalue weighted by molar-refractivity contribution is 0.0938. The zero-order valence-corrected chi connectivity index (χ0v) is 11.2. The number of nitrogen functional groups attached to an aromatic ring is 1. The summed E-state index contributed by atoms with van der Waals surface area (Å²) in [6, 6.07) is 5.40. The zero-order chi connectivity index (χ0) is 12.1. The van der Waals surface area contributed by atoms with Crippen LogP contribution in [0.5, 0.6) is 0 Å². The highest BCUT2D eigenvalue weighted by atomic mass is 79.9. The van der Waals surface area contributed by atoms with Crippen molar-refractivity contribution in [2.24, 2.45) is 0 Å². The molecule has 4 heteroatoms. The maximum atomic E-state index is 11.8. The van der Waals surface area contributed by atoms with Gasteiger partial charge in [-0.15, -0.1) is 0 Å². The van der Waals surface area contributed by atoms with Gasteiger partial charge in [-0.05, 0) is 47.5 Å². The molecule has 0 saturated heterocycles. The molecule has 88 valence electrons. The highest BCUT2D eigenvalue weighted by Gasteiger charge is 2.10. The summed E-state index contributed by atoms with van der Waals surface area (Å²) in [5.74, 6) is -0.0540. The second-order valence-electron chi connectivity index (χ2n) is 3.90. The first-order valence-electron chi connectivity index (χ1n) is 5.40. The van der Waals surface area contributed by atoms with E-state index in [1.54, 1.807) is 18.2 Å². The van der Waals surface area contributed by atoms with Gasteiger partial charge in [0.2, 0.25) is 0 Å². The zero-order valence-electron chi connectivity index (χ0n) is 9.59. The average Bonchev–Trinajstić information content (AvgIpc) is 2.22. The molecule has 1 rings (SSSR count). The Morgan fingerprint density at radius 3 is 2.81 bits per heavy atom. The molecule has 1 unspecified atom stereocenters. The van der Waals surface area contributed by atoms with Crippen LogP contribution in [0.15, 0.2) is 22.7 Å². The van der Waals surface area contributed by atoms with Gasteiger partial charge in [0.25, 0.3) is 5.91 Å². The van der Waals surface area contributed by atoms with Gasteiger partial charge < -0.3 is 11.1 Å². The molecule has 3 N–H and O–H groups in total. The van der Waals surface area contributed by atoms with E-state index < -0.39 is 0 Å². The summed E-state index contributed by atoms with van der Waals surface area (Å²) in [6.45, 7) is 4.11. The van der Waals surface area contributed by atoms with Gasteiger partial charge in [-0.3, -0.25) is 4.79 Å². The Morgan fingerprint density at radius 1 is 1.56 bits per heavy atom. The predicted molar refractivity (Wildman–Crippen MR) is 70.4 cm³/mol. The molecule has 0 aliphatic rings. The van der Waals surface area contributed by atoms with Crippen LogP contribution in [-0.4, -0.2) is 11.9 Å². The van der Waals surface area contributed by atoms with Crippen LogP contribution in [0.4, 0.5) is 5.69 Å². The number of hydrogen-bond acceptors (Lipinski definition) is 2. The van der Waals surface area contributed by atoms with Crippen LogP contribution >= 0.6 is 15.9 Å². The number of amides is 1. The first kappa shape index (κ1) is 13.0. The van der Waals surface area contributed by atoms with E-state index in [1.165, 1.54) is 0 Å². The average molecular weight is 285 g/mol. The third kappa shape index (κ3) is 3.52. The minimum Gasteiger partial charge on any atom is -0.398 e. The minimum absolute atomic E-state index is 0.0540. The third-order valence-electron chi connectivity index (χ3n) is 2.36. The van der Waals surface area contributed by atoms with Crippen LogP contribution < -0.4 is 11.1 Å². The van der Waals surface area contributed by atoms with Crippen molar-refractivity contribution in [2.45, 2.75) is 32.7 Å². The Balaban J connectivity index is 2.69. The van der Waals surface area contributed by atoms with E-state index in [0.717, 1.165) is 17.3 Å². The van der Waals surface area contributed by atoms with Crippen LogP contribution in [0.1, 0.15) is 37.0 Å². The Labute approximate surface area is 105 Å². The van der Waals surface area contributed by atoms with Crippen LogP contribution in [-0.2, 0) is 0 Å². The van der Waals surface area contributed by atoms with Gasteiger partial charge in [-0.25, -0.2) is 0 Å². The fraction of sp³-hybridized carbons (Fsp3) is 0.417. The third-order valence-corrected chi connectivity index (χ3v) is 3.05.